The summed E-state index contributed by atoms with van der Waals surface area (Å²) in [5.74, 6) is 3.16. The lowest BCUT2D eigenvalue weighted by Crippen LogP contribution is -2.31. The molecule has 1 atom stereocenters. The highest BCUT2D eigenvalue weighted by Crippen LogP contribution is 2.46. The molecule has 1 unspecified atom stereocenters. The molecule has 0 aliphatic heterocycles. The van der Waals surface area contributed by atoms with Crippen LogP contribution in [-0.4, -0.2) is 15.0 Å². The van der Waals surface area contributed by atoms with E-state index in [0.717, 1.165) is 41.8 Å². The minimum Gasteiger partial charge on any atom is -0.213 e. The lowest BCUT2D eigenvalue weighted by atomic mass is 9.64. The van der Waals surface area contributed by atoms with Crippen molar-refractivity contribution in [2.24, 2.45) is 5.92 Å². The van der Waals surface area contributed by atoms with Gasteiger partial charge in [-0.1, -0.05) is 229 Å². The zero-order valence-corrected chi connectivity index (χ0v) is 36.9. The first-order valence-corrected chi connectivity index (χ1v) is 22.7. The second kappa shape index (κ2) is 21.9. The van der Waals surface area contributed by atoms with Crippen molar-refractivity contribution in [3.8, 4) is 45.0 Å². The van der Waals surface area contributed by atoms with E-state index in [1.807, 2.05) is 30.3 Å². The van der Waals surface area contributed by atoms with E-state index in [-0.39, 0.29) is 5.41 Å². The average molecular weight is 812 g/mol. The molecule has 312 valence electrons. The molecular formula is C59H61N3. The van der Waals surface area contributed by atoms with Gasteiger partial charge < -0.3 is 0 Å². The molecule has 6 aromatic rings. The molecule has 0 amide bonds. The Hall–Kier alpha value is -6.41. The van der Waals surface area contributed by atoms with E-state index in [2.05, 4.69) is 185 Å². The second-order valence-corrected chi connectivity index (χ2v) is 16.9. The van der Waals surface area contributed by atoms with E-state index < -0.39 is 0 Å². The van der Waals surface area contributed by atoms with Crippen LogP contribution in [0.2, 0.25) is 0 Å². The normalized spacial score (nSPS) is 14.7. The SMILES string of the molecule is C=C=C/C=C(\C=C/Cc1nc(-c2ccccc2)nc(-c2ccc(-c3ccccc3)cc2)n1)C1(c2ccc(-c3cccc(C(C/C=C\C=C/C(C)C)CCC)c3)cc2)CCCCC1. The Balaban J connectivity index is 1.16. The monoisotopic (exact) mass is 811 g/mol. The van der Waals surface area contributed by atoms with Crippen LogP contribution in [0.25, 0.3) is 45.0 Å². The Kier molecular flexibility index (Phi) is 15.4. The highest BCUT2D eigenvalue weighted by atomic mass is 15.0. The molecule has 1 fully saturated rings. The molecule has 3 heteroatoms. The van der Waals surface area contributed by atoms with Crippen molar-refractivity contribution in [2.45, 2.75) is 89.9 Å². The van der Waals surface area contributed by atoms with E-state index in [1.54, 1.807) is 0 Å². The van der Waals surface area contributed by atoms with Crippen LogP contribution in [0.4, 0.5) is 0 Å². The molecule has 3 nitrogen and oxygen atoms in total. The quantitative estimate of drug-likeness (QED) is 0.0680. The molecule has 5 aromatic carbocycles. The maximum absolute atomic E-state index is 5.04. The summed E-state index contributed by atoms with van der Waals surface area (Å²) >= 11 is 0. The van der Waals surface area contributed by atoms with Gasteiger partial charge in [-0.3, -0.25) is 0 Å². The van der Waals surface area contributed by atoms with Crippen molar-refractivity contribution in [3.05, 3.63) is 217 Å². The second-order valence-electron chi connectivity index (χ2n) is 16.9. The van der Waals surface area contributed by atoms with Crippen molar-refractivity contribution >= 4 is 0 Å². The summed E-state index contributed by atoms with van der Waals surface area (Å²) in [6.07, 6.45) is 27.5. The third kappa shape index (κ3) is 11.3. The van der Waals surface area contributed by atoms with Gasteiger partial charge >= 0.3 is 0 Å². The molecule has 62 heavy (non-hydrogen) atoms. The zero-order chi connectivity index (χ0) is 43.0. The molecule has 1 saturated carbocycles. The molecule has 1 aliphatic carbocycles. The van der Waals surface area contributed by atoms with E-state index >= 15 is 0 Å². The van der Waals surface area contributed by atoms with Crippen molar-refractivity contribution in [1.82, 2.24) is 15.0 Å². The van der Waals surface area contributed by atoms with Crippen LogP contribution in [0.15, 0.2) is 200 Å². The van der Waals surface area contributed by atoms with Crippen molar-refractivity contribution in [2.75, 3.05) is 0 Å². The Morgan fingerprint density at radius 3 is 1.92 bits per heavy atom. The summed E-state index contributed by atoms with van der Waals surface area (Å²) in [6.45, 7) is 10.6. The maximum Gasteiger partial charge on any atom is 0.163 e. The topological polar surface area (TPSA) is 38.7 Å². The fourth-order valence-electron chi connectivity index (χ4n) is 8.84. The molecule has 0 N–H and O–H groups in total. The number of benzene rings is 5. The van der Waals surface area contributed by atoms with Gasteiger partial charge in [-0.05, 0) is 82.5 Å². The van der Waals surface area contributed by atoms with Gasteiger partial charge in [-0.15, -0.1) is 5.73 Å². The average Bonchev–Trinajstić information content (AvgIpc) is 3.33. The van der Waals surface area contributed by atoms with Gasteiger partial charge in [-0.25, -0.2) is 15.0 Å². The summed E-state index contributed by atoms with van der Waals surface area (Å²) in [5, 5.41) is 0. The molecule has 1 aliphatic rings. The van der Waals surface area contributed by atoms with Gasteiger partial charge in [0.05, 0.1) is 0 Å². The van der Waals surface area contributed by atoms with Crippen molar-refractivity contribution in [1.29, 1.82) is 0 Å². The first kappa shape index (κ1) is 43.7. The molecular weight excluding hydrogens is 751 g/mol. The van der Waals surface area contributed by atoms with Crippen molar-refractivity contribution in [3.63, 3.8) is 0 Å². The zero-order valence-electron chi connectivity index (χ0n) is 36.9. The third-order valence-electron chi connectivity index (χ3n) is 12.1. The molecule has 1 heterocycles. The predicted molar refractivity (Wildman–Crippen MR) is 263 cm³/mol. The summed E-state index contributed by atoms with van der Waals surface area (Å²) in [4.78, 5) is 15.0. The standard InChI is InChI=1S/C59H61N3/c1-5-7-31-54(32-21-33-56-60-57(50-27-16-10-17-28-50)62-58(61-56)51-36-34-48(35-37-51)47-25-14-9-15-26-47)59(42-18-11-19-43-59)55-40-38-49(39-41-55)53-30-20-29-52(44-53)46(22-6-2)24-13-8-12-23-45(3)4/h7-10,12-17,20-21,23,25-32,34-41,44-46H,1,6,11,18-19,22,24,33,42-43H2,2-4H3/b13-8-,23-12-,32-21-,54-31+. The van der Waals surface area contributed by atoms with E-state index in [9.17, 15) is 0 Å². The highest BCUT2D eigenvalue weighted by Gasteiger charge is 2.36. The predicted octanol–water partition coefficient (Wildman–Crippen LogP) is 15.9. The molecule has 7 rings (SSSR count). The fraction of sp³-hybridized carbons (Fsp3) is 0.254. The Bertz CT molecular complexity index is 2510. The first-order chi connectivity index (χ1) is 30.5. The smallest absolute Gasteiger partial charge is 0.163 e. The van der Waals surface area contributed by atoms with Gasteiger partial charge in [-0.2, -0.15) is 0 Å². The lowest BCUT2D eigenvalue weighted by molar-refractivity contribution is 0.345. The number of hydrogen-bond acceptors (Lipinski definition) is 3. The summed E-state index contributed by atoms with van der Waals surface area (Å²) in [7, 11) is 0. The molecule has 1 aromatic heterocycles. The van der Waals surface area contributed by atoms with Gasteiger partial charge in [0.15, 0.2) is 11.6 Å². The minimum absolute atomic E-state index is 0.120. The number of nitrogens with zero attached hydrogens (tertiary/aromatic N) is 3. The molecule has 0 bridgehead atoms. The van der Waals surface area contributed by atoms with Gasteiger partial charge in [0.1, 0.15) is 5.82 Å². The number of allylic oxidation sites excluding steroid dienone is 9. The number of hydrogen-bond donors (Lipinski definition) is 0. The maximum atomic E-state index is 5.04. The Labute approximate surface area is 371 Å². The Morgan fingerprint density at radius 1 is 0.661 bits per heavy atom. The van der Waals surface area contributed by atoms with Crippen molar-refractivity contribution < 1.29 is 0 Å². The minimum atomic E-state index is -0.120. The summed E-state index contributed by atoms with van der Waals surface area (Å²) in [6, 6.07) is 47.8. The Morgan fingerprint density at radius 2 is 1.26 bits per heavy atom. The van der Waals surface area contributed by atoms with Crippen LogP contribution in [0, 0.1) is 5.92 Å². The highest BCUT2D eigenvalue weighted by molar-refractivity contribution is 5.69. The molecule has 0 spiro atoms. The number of rotatable bonds is 17. The van der Waals surface area contributed by atoms with Crippen LogP contribution < -0.4 is 0 Å². The summed E-state index contributed by atoms with van der Waals surface area (Å²) < 4.78 is 0. The first-order valence-electron chi connectivity index (χ1n) is 22.7. The van der Waals surface area contributed by atoms with Crippen LogP contribution >= 0.6 is 0 Å². The van der Waals surface area contributed by atoms with Crippen LogP contribution in [0.3, 0.4) is 0 Å². The van der Waals surface area contributed by atoms with Crippen LogP contribution in [-0.2, 0) is 11.8 Å². The fourth-order valence-corrected chi connectivity index (χ4v) is 8.84. The van der Waals surface area contributed by atoms with Crippen LogP contribution in [0.5, 0.6) is 0 Å². The van der Waals surface area contributed by atoms with E-state index in [4.69, 9.17) is 15.0 Å². The molecule has 0 saturated heterocycles. The summed E-state index contributed by atoms with van der Waals surface area (Å²) in [5.41, 5.74) is 13.8. The van der Waals surface area contributed by atoms with Crippen LogP contribution in [0.1, 0.15) is 95.0 Å². The third-order valence-corrected chi connectivity index (χ3v) is 12.1. The van der Waals surface area contributed by atoms with Gasteiger partial charge in [0, 0.05) is 23.0 Å². The molecule has 0 radical (unpaired) electrons. The van der Waals surface area contributed by atoms with E-state index in [0.29, 0.717) is 29.9 Å². The van der Waals surface area contributed by atoms with Gasteiger partial charge in [0.25, 0.3) is 0 Å². The largest absolute Gasteiger partial charge is 0.213 e. The van der Waals surface area contributed by atoms with Gasteiger partial charge in [0.2, 0.25) is 0 Å². The lowest BCUT2D eigenvalue weighted by Gasteiger charge is -2.39. The van der Waals surface area contributed by atoms with E-state index in [1.165, 1.54) is 65.5 Å². The number of aromatic nitrogens is 3.